The fraction of sp³-hybridized carbons (Fsp3) is 0.440. The van der Waals surface area contributed by atoms with Gasteiger partial charge in [-0.05, 0) is 48.9 Å². The maximum atomic E-state index is 12.6. The molecular weight excluding hydrogens is 434 g/mol. The summed E-state index contributed by atoms with van der Waals surface area (Å²) in [6.07, 6.45) is 3.39. The van der Waals surface area contributed by atoms with Crippen LogP contribution in [0.1, 0.15) is 47.2 Å². The second kappa shape index (κ2) is 14.2. The first kappa shape index (κ1) is 26.3. The van der Waals surface area contributed by atoms with Crippen molar-refractivity contribution >= 4 is 11.9 Å². The molecule has 2 aromatic rings. The molecule has 8 heteroatoms. The van der Waals surface area contributed by atoms with Gasteiger partial charge in [-0.3, -0.25) is 4.79 Å². The van der Waals surface area contributed by atoms with E-state index in [-0.39, 0.29) is 24.2 Å². The summed E-state index contributed by atoms with van der Waals surface area (Å²) in [6, 6.07) is 13.7. The molecule has 0 aliphatic carbocycles. The molecule has 0 aliphatic rings. The maximum absolute atomic E-state index is 12.6. The smallest absolute Gasteiger partial charge is 0.387 e. The number of alkyl halides is 2. The highest BCUT2D eigenvalue weighted by atomic mass is 19.3. The molecule has 33 heavy (non-hydrogen) atoms. The van der Waals surface area contributed by atoms with Gasteiger partial charge in [0.2, 0.25) is 0 Å². The van der Waals surface area contributed by atoms with Gasteiger partial charge in [0.15, 0.2) is 0 Å². The molecule has 6 nitrogen and oxygen atoms in total. The molecule has 0 aromatic heterocycles. The van der Waals surface area contributed by atoms with Crippen LogP contribution in [0.25, 0.3) is 0 Å². The van der Waals surface area contributed by atoms with Gasteiger partial charge < -0.3 is 18.9 Å². The Morgan fingerprint density at radius 1 is 0.939 bits per heavy atom. The van der Waals surface area contributed by atoms with Crippen molar-refractivity contribution < 1.29 is 37.3 Å². The summed E-state index contributed by atoms with van der Waals surface area (Å²) in [5, 5.41) is 0. The van der Waals surface area contributed by atoms with Crippen LogP contribution in [0.5, 0.6) is 5.75 Å². The van der Waals surface area contributed by atoms with Gasteiger partial charge in [0, 0.05) is 12.0 Å². The van der Waals surface area contributed by atoms with E-state index in [0.717, 1.165) is 18.4 Å². The first-order chi connectivity index (χ1) is 15.9. The van der Waals surface area contributed by atoms with Crippen LogP contribution < -0.4 is 4.74 Å². The quantitative estimate of drug-likeness (QED) is 0.283. The Labute approximate surface area is 192 Å². The van der Waals surface area contributed by atoms with Crippen LogP contribution in [0.15, 0.2) is 48.5 Å². The third-order valence-corrected chi connectivity index (χ3v) is 5.17. The van der Waals surface area contributed by atoms with E-state index in [1.165, 1.54) is 20.3 Å². The third kappa shape index (κ3) is 9.57. The summed E-state index contributed by atoms with van der Waals surface area (Å²) in [7, 11) is 2.70. The SMILES string of the molecule is COC(=O)CCCCC(COCc1ccccc1OC(F)F)Cc1ccc(C(=O)OC)cc1. The molecule has 0 aliphatic heterocycles. The van der Waals surface area contributed by atoms with Gasteiger partial charge in [-0.25, -0.2) is 4.79 Å². The molecule has 180 valence electrons. The molecule has 1 atom stereocenters. The Balaban J connectivity index is 1.97. The lowest BCUT2D eigenvalue weighted by atomic mass is 9.94. The minimum absolute atomic E-state index is 0.0977. The zero-order chi connectivity index (χ0) is 24.1. The molecule has 0 saturated heterocycles. The van der Waals surface area contributed by atoms with Crippen molar-refractivity contribution in [3.05, 3.63) is 65.2 Å². The molecule has 2 rings (SSSR count). The lowest BCUT2D eigenvalue weighted by Gasteiger charge is -2.18. The van der Waals surface area contributed by atoms with E-state index in [1.807, 2.05) is 12.1 Å². The van der Waals surface area contributed by atoms with E-state index < -0.39 is 12.6 Å². The zero-order valence-electron chi connectivity index (χ0n) is 18.9. The van der Waals surface area contributed by atoms with Gasteiger partial charge in [-0.1, -0.05) is 36.8 Å². The first-order valence-electron chi connectivity index (χ1n) is 10.8. The largest absolute Gasteiger partial charge is 0.469 e. The summed E-state index contributed by atoms with van der Waals surface area (Å²) in [5.41, 5.74) is 2.05. The molecule has 0 saturated carbocycles. The summed E-state index contributed by atoms with van der Waals surface area (Å²) >= 11 is 0. The Morgan fingerprint density at radius 3 is 2.33 bits per heavy atom. The van der Waals surface area contributed by atoms with Gasteiger partial charge in [0.05, 0.1) is 33.0 Å². The molecule has 0 spiro atoms. The highest BCUT2D eigenvalue weighted by Crippen LogP contribution is 2.23. The highest BCUT2D eigenvalue weighted by Gasteiger charge is 2.14. The van der Waals surface area contributed by atoms with Gasteiger partial charge in [-0.2, -0.15) is 8.78 Å². The lowest BCUT2D eigenvalue weighted by Crippen LogP contribution is -2.14. The van der Waals surface area contributed by atoms with E-state index in [2.05, 4.69) is 9.47 Å². The van der Waals surface area contributed by atoms with Crippen molar-refractivity contribution in [3.8, 4) is 5.75 Å². The molecule has 0 N–H and O–H groups in total. The summed E-state index contributed by atoms with van der Waals surface area (Å²) in [4.78, 5) is 23.0. The van der Waals surface area contributed by atoms with Crippen molar-refractivity contribution in [1.29, 1.82) is 0 Å². The number of carbonyl (C=O) groups is 2. The monoisotopic (exact) mass is 464 g/mol. The Bertz CT molecular complexity index is 869. The summed E-state index contributed by atoms with van der Waals surface area (Å²) in [5.74, 6) is -0.402. The van der Waals surface area contributed by atoms with Gasteiger partial charge in [0.25, 0.3) is 0 Å². The Hall–Kier alpha value is -3.00. The molecular formula is C25H30F2O6. The van der Waals surface area contributed by atoms with E-state index in [9.17, 15) is 18.4 Å². The molecule has 0 radical (unpaired) electrons. The summed E-state index contributed by atoms with van der Waals surface area (Å²) < 4.78 is 45.1. The minimum atomic E-state index is -2.90. The van der Waals surface area contributed by atoms with Gasteiger partial charge in [0.1, 0.15) is 5.75 Å². The fourth-order valence-corrected chi connectivity index (χ4v) is 3.45. The Morgan fingerprint density at radius 2 is 1.67 bits per heavy atom. The predicted octanol–water partition coefficient (Wildman–Crippen LogP) is 5.18. The van der Waals surface area contributed by atoms with Crippen molar-refractivity contribution in [1.82, 2.24) is 0 Å². The number of methoxy groups -OCH3 is 2. The number of ether oxygens (including phenoxy) is 4. The van der Waals surface area contributed by atoms with Gasteiger partial charge >= 0.3 is 18.6 Å². The average Bonchev–Trinajstić information content (AvgIpc) is 2.82. The van der Waals surface area contributed by atoms with Crippen LogP contribution in [0, 0.1) is 5.92 Å². The Kier molecular flexibility index (Phi) is 11.3. The number of halogens is 2. The van der Waals surface area contributed by atoms with Crippen molar-refractivity contribution in [3.63, 3.8) is 0 Å². The standard InChI is InChI=1S/C25H30F2O6/c1-30-23(28)10-6-3-7-19(15-18-11-13-20(14-12-18)24(29)31-2)16-32-17-21-8-4-5-9-22(21)33-25(26)27/h4-5,8-9,11-14,19,25H,3,6-7,10,15-17H2,1-2H3. The molecule has 0 bridgehead atoms. The first-order valence-corrected chi connectivity index (χ1v) is 10.8. The number of hydrogen-bond donors (Lipinski definition) is 0. The number of hydrogen-bond acceptors (Lipinski definition) is 6. The number of esters is 2. The highest BCUT2D eigenvalue weighted by molar-refractivity contribution is 5.89. The number of rotatable bonds is 14. The van der Waals surface area contributed by atoms with E-state index in [1.54, 1.807) is 30.3 Å². The molecule has 1 unspecified atom stereocenters. The van der Waals surface area contributed by atoms with Gasteiger partial charge in [-0.15, -0.1) is 0 Å². The van der Waals surface area contributed by atoms with Crippen LogP contribution >= 0.6 is 0 Å². The van der Waals surface area contributed by atoms with Crippen LogP contribution in [-0.4, -0.2) is 39.4 Å². The fourth-order valence-electron chi connectivity index (χ4n) is 3.45. The topological polar surface area (TPSA) is 71.1 Å². The number of carbonyl (C=O) groups excluding carboxylic acids is 2. The van der Waals surface area contributed by atoms with Crippen LogP contribution in [0.4, 0.5) is 8.78 Å². The minimum Gasteiger partial charge on any atom is -0.469 e. The second-order valence-corrected chi connectivity index (χ2v) is 7.58. The van der Waals surface area contributed by atoms with E-state index in [0.29, 0.717) is 37.0 Å². The van der Waals surface area contributed by atoms with Crippen molar-refractivity contribution in [2.24, 2.45) is 5.92 Å². The van der Waals surface area contributed by atoms with Crippen LogP contribution in [0.3, 0.4) is 0 Å². The van der Waals surface area contributed by atoms with E-state index >= 15 is 0 Å². The molecule has 2 aromatic carbocycles. The number of benzene rings is 2. The third-order valence-electron chi connectivity index (χ3n) is 5.17. The average molecular weight is 465 g/mol. The normalized spacial score (nSPS) is 11.8. The molecule has 0 heterocycles. The maximum Gasteiger partial charge on any atom is 0.387 e. The zero-order valence-corrected chi connectivity index (χ0v) is 18.9. The van der Waals surface area contributed by atoms with Crippen molar-refractivity contribution in [2.45, 2.75) is 45.3 Å². The van der Waals surface area contributed by atoms with Crippen molar-refractivity contribution in [2.75, 3.05) is 20.8 Å². The molecule has 0 fully saturated rings. The second-order valence-electron chi connectivity index (χ2n) is 7.58. The van der Waals surface area contributed by atoms with Crippen LogP contribution in [0.2, 0.25) is 0 Å². The summed E-state index contributed by atoms with van der Waals surface area (Å²) in [6.45, 7) is -2.36. The van der Waals surface area contributed by atoms with Crippen LogP contribution in [-0.2, 0) is 32.0 Å². The number of unbranched alkanes of at least 4 members (excludes halogenated alkanes) is 1. The van der Waals surface area contributed by atoms with E-state index in [4.69, 9.17) is 9.47 Å². The molecule has 0 amide bonds. The predicted molar refractivity (Wildman–Crippen MR) is 118 cm³/mol. The number of para-hydroxylation sites is 1. The lowest BCUT2D eigenvalue weighted by molar-refractivity contribution is -0.140.